The van der Waals surface area contributed by atoms with Crippen LogP contribution in [0.1, 0.15) is 22.0 Å². The summed E-state index contributed by atoms with van der Waals surface area (Å²) in [6, 6.07) is 23.0. The Balaban J connectivity index is 1.43. The maximum atomic E-state index is 13.0. The van der Waals surface area contributed by atoms with E-state index >= 15 is 0 Å². The zero-order valence-corrected chi connectivity index (χ0v) is 22.7. The fourth-order valence-electron chi connectivity index (χ4n) is 3.86. The minimum Gasteiger partial charge on any atom is -0.497 e. The van der Waals surface area contributed by atoms with Crippen molar-refractivity contribution in [3.8, 4) is 22.8 Å². The highest BCUT2D eigenvalue weighted by Crippen LogP contribution is 2.29. The number of hydrogen-bond acceptors (Lipinski definition) is 8. The maximum Gasteiger partial charge on any atom is 0.415 e. The summed E-state index contributed by atoms with van der Waals surface area (Å²) in [5.41, 5.74) is 2.70. The first-order chi connectivity index (χ1) is 19.2. The molecule has 4 rings (SSSR count). The van der Waals surface area contributed by atoms with Gasteiger partial charge in [-0.2, -0.15) is 0 Å². The van der Waals surface area contributed by atoms with Crippen molar-refractivity contribution < 1.29 is 24.2 Å². The number of carbonyl (C=O) groups excluding carboxylic acids is 2. The van der Waals surface area contributed by atoms with Crippen LogP contribution in [-0.2, 0) is 0 Å². The van der Waals surface area contributed by atoms with E-state index in [9.17, 15) is 14.7 Å². The first kappa shape index (κ1) is 28.1. The molecule has 3 aromatic carbocycles. The van der Waals surface area contributed by atoms with Gasteiger partial charge in [0.1, 0.15) is 11.4 Å². The van der Waals surface area contributed by atoms with Crippen LogP contribution in [-0.4, -0.2) is 66.8 Å². The first-order valence-electron chi connectivity index (χ1n) is 12.5. The van der Waals surface area contributed by atoms with Gasteiger partial charge in [0.05, 0.1) is 26.0 Å². The molecular formula is C30H31N5O5. The monoisotopic (exact) mass is 541 g/mol. The maximum absolute atomic E-state index is 13.0. The van der Waals surface area contributed by atoms with Gasteiger partial charge < -0.3 is 29.7 Å². The molecule has 0 radical (unpaired) electrons. The lowest BCUT2D eigenvalue weighted by atomic mass is 10.1. The molecule has 1 heterocycles. The van der Waals surface area contributed by atoms with E-state index in [4.69, 9.17) is 9.47 Å². The lowest BCUT2D eigenvalue weighted by Gasteiger charge is -2.22. The van der Waals surface area contributed by atoms with Crippen molar-refractivity contribution in [2.75, 3.05) is 45.0 Å². The molecule has 1 unspecified atom stereocenters. The molecule has 0 aliphatic heterocycles. The normalized spacial score (nSPS) is 11.3. The van der Waals surface area contributed by atoms with E-state index < -0.39 is 12.2 Å². The third-order valence-corrected chi connectivity index (χ3v) is 6.01. The molecule has 4 aromatic rings. The zero-order chi connectivity index (χ0) is 28.6. The summed E-state index contributed by atoms with van der Waals surface area (Å²) in [4.78, 5) is 37.5. The highest BCUT2D eigenvalue weighted by Gasteiger charge is 2.21. The lowest BCUT2D eigenvalue weighted by molar-refractivity contribution is 0.102. The number of carbonyl (C=O) groups is 2. The number of hydrogen-bond donors (Lipinski definition) is 2. The quantitative estimate of drug-likeness (QED) is 0.315. The van der Waals surface area contributed by atoms with Crippen molar-refractivity contribution in [3.05, 3.63) is 96.2 Å². The molecule has 10 heteroatoms. The summed E-state index contributed by atoms with van der Waals surface area (Å²) in [6.07, 6.45) is -0.256. The molecule has 0 aliphatic carbocycles. The molecule has 2 N–H and O–H groups in total. The number of rotatable bonds is 9. The van der Waals surface area contributed by atoms with E-state index in [-0.39, 0.29) is 18.2 Å². The van der Waals surface area contributed by atoms with Crippen LogP contribution in [0.5, 0.6) is 11.5 Å². The summed E-state index contributed by atoms with van der Waals surface area (Å²) in [5.74, 6) is 0.928. The number of benzene rings is 3. The second-order valence-electron chi connectivity index (χ2n) is 9.22. The van der Waals surface area contributed by atoms with Crippen LogP contribution < -0.4 is 19.7 Å². The van der Waals surface area contributed by atoms with E-state index in [0.29, 0.717) is 34.2 Å². The van der Waals surface area contributed by atoms with E-state index in [1.807, 2.05) is 44.4 Å². The topological polar surface area (TPSA) is 117 Å². The number of nitrogens with zero attached hydrogens (tertiary/aromatic N) is 4. The van der Waals surface area contributed by atoms with Gasteiger partial charge in [0, 0.05) is 38.0 Å². The Kier molecular flexibility index (Phi) is 8.93. The zero-order valence-electron chi connectivity index (χ0n) is 22.7. The van der Waals surface area contributed by atoms with E-state index in [1.165, 1.54) is 25.3 Å². The van der Waals surface area contributed by atoms with Crippen LogP contribution in [0.3, 0.4) is 0 Å². The van der Waals surface area contributed by atoms with E-state index in [0.717, 1.165) is 5.56 Å². The number of aliphatic hydroxyl groups excluding tert-OH is 1. The van der Waals surface area contributed by atoms with Gasteiger partial charge in [-0.05, 0) is 35.9 Å². The minimum absolute atomic E-state index is 0.0522. The molecule has 40 heavy (non-hydrogen) atoms. The van der Waals surface area contributed by atoms with Crippen molar-refractivity contribution in [3.63, 3.8) is 0 Å². The van der Waals surface area contributed by atoms with Crippen LogP contribution in [0.15, 0.2) is 85.1 Å². The summed E-state index contributed by atoms with van der Waals surface area (Å²) in [7, 11) is 6.71. The van der Waals surface area contributed by atoms with Gasteiger partial charge in [0.2, 0.25) is 5.95 Å². The summed E-state index contributed by atoms with van der Waals surface area (Å²) < 4.78 is 10.8. The average Bonchev–Trinajstić information content (AvgIpc) is 2.97. The highest BCUT2D eigenvalue weighted by atomic mass is 16.6. The molecule has 2 amide bonds. The number of aromatic nitrogens is 2. The Hall–Kier alpha value is -4.96. The Morgan fingerprint density at radius 2 is 1.73 bits per heavy atom. The molecule has 0 fully saturated rings. The van der Waals surface area contributed by atoms with Crippen molar-refractivity contribution in [1.29, 1.82) is 0 Å². The molecule has 0 aliphatic rings. The molecular weight excluding hydrogens is 510 g/mol. The number of ether oxygens (including phenoxy) is 2. The first-order valence-corrected chi connectivity index (χ1v) is 12.5. The van der Waals surface area contributed by atoms with Crippen LogP contribution in [0.25, 0.3) is 11.3 Å². The van der Waals surface area contributed by atoms with Crippen molar-refractivity contribution in [1.82, 2.24) is 14.9 Å². The SMILES string of the molecule is COc1cccc(C(=O)Nc2cccc(C(O)CN(C)C(=O)Oc3cnc(N(C)C)nc3-c3ccccc3)c2)c1. The predicted octanol–water partition coefficient (Wildman–Crippen LogP) is 4.63. The molecule has 10 nitrogen and oxygen atoms in total. The number of likely N-dealkylation sites (N-methyl/N-ethyl adjacent to an activating group) is 1. The molecule has 0 spiro atoms. The number of amides is 2. The smallest absolute Gasteiger partial charge is 0.415 e. The number of methoxy groups -OCH3 is 1. The Bertz CT molecular complexity index is 1480. The third-order valence-electron chi connectivity index (χ3n) is 6.01. The number of anilines is 2. The molecule has 206 valence electrons. The summed E-state index contributed by atoms with van der Waals surface area (Å²) in [6.45, 7) is -0.0522. The Morgan fingerprint density at radius 3 is 2.45 bits per heavy atom. The van der Waals surface area contributed by atoms with Crippen molar-refractivity contribution in [2.24, 2.45) is 0 Å². The van der Waals surface area contributed by atoms with Gasteiger partial charge in [-0.15, -0.1) is 0 Å². The van der Waals surface area contributed by atoms with Crippen LogP contribution in [0.2, 0.25) is 0 Å². The third kappa shape index (κ3) is 6.91. The Labute approximate surface area is 232 Å². The number of aliphatic hydroxyl groups is 1. The molecule has 0 bridgehead atoms. The standard InChI is InChI=1S/C30H31N5O5/c1-34(2)29-31-18-26(27(33-29)20-10-6-5-7-11-20)40-30(38)35(3)19-25(36)21-12-8-14-23(16-21)32-28(37)22-13-9-15-24(17-22)39-4/h5-18,25,36H,19H2,1-4H3,(H,32,37). The van der Waals surface area contributed by atoms with Gasteiger partial charge in [0.15, 0.2) is 5.75 Å². The second kappa shape index (κ2) is 12.7. The van der Waals surface area contributed by atoms with Gasteiger partial charge in [-0.3, -0.25) is 4.79 Å². The van der Waals surface area contributed by atoms with E-state index in [1.54, 1.807) is 53.4 Å². The lowest BCUT2D eigenvalue weighted by Crippen LogP contribution is -2.33. The Morgan fingerprint density at radius 1 is 0.975 bits per heavy atom. The molecule has 1 aromatic heterocycles. The largest absolute Gasteiger partial charge is 0.497 e. The fraction of sp³-hybridized carbons (Fsp3) is 0.200. The van der Waals surface area contributed by atoms with Crippen LogP contribution in [0.4, 0.5) is 16.4 Å². The van der Waals surface area contributed by atoms with Crippen LogP contribution >= 0.6 is 0 Å². The average molecular weight is 542 g/mol. The van der Waals surface area contributed by atoms with Gasteiger partial charge in [-0.1, -0.05) is 48.5 Å². The van der Waals surface area contributed by atoms with E-state index in [2.05, 4.69) is 15.3 Å². The van der Waals surface area contributed by atoms with Crippen LogP contribution in [0, 0.1) is 0 Å². The van der Waals surface area contributed by atoms with Gasteiger partial charge >= 0.3 is 6.09 Å². The second-order valence-corrected chi connectivity index (χ2v) is 9.22. The number of nitrogens with one attached hydrogen (secondary N) is 1. The minimum atomic E-state index is -1.04. The fourth-order valence-corrected chi connectivity index (χ4v) is 3.86. The van der Waals surface area contributed by atoms with Gasteiger partial charge in [0.25, 0.3) is 5.91 Å². The molecule has 0 saturated heterocycles. The van der Waals surface area contributed by atoms with Crippen molar-refractivity contribution in [2.45, 2.75) is 6.10 Å². The highest BCUT2D eigenvalue weighted by molar-refractivity contribution is 6.04. The predicted molar refractivity (Wildman–Crippen MR) is 153 cm³/mol. The van der Waals surface area contributed by atoms with Crippen molar-refractivity contribution >= 4 is 23.6 Å². The molecule has 0 saturated carbocycles. The summed E-state index contributed by atoms with van der Waals surface area (Å²) in [5, 5.41) is 13.7. The van der Waals surface area contributed by atoms with Gasteiger partial charge in [-0.25, -0.2) is 14.8 Å². The summed E-state index contributed by atoms with van der Waals surface area (Å²) >= 11 is 0. The molecule has 1 atom stereocenters.